The van der Waals surface area contributed by atoms with Gasteiger partial charge in [-0.1, -0.05) is 0 Å². The van der Waals surface area contributed by atoms with Gasteiger partial charge in [-0.2, -0.15) is 0 Å². The molecule has 5 nitrogen and oxygen atoms in total. The van der Waals surface area contributed by atoms with Crippen molar-refractivity contribution in [3.63, 3.8) is 0 Å². The largest absolute Gasteiger partial charge is 0.397 e. The van der Waals surface area contributed by atoms with Crippen molar-refractivity contribution in [2.45, 2.75) is 32.8 Å². The molecular formula is C12H19N3O2. The number of aryl methyl sites for hydroxylation is 1. The van der Waals surface area contributed by atoms with E-state index in [0.29, 0.717) is 11.5 Å². The van der Waals surface area contributed by atoms with Gasteiger partial charge in [0, 0.05) is 7.11 Å². The van der Waals surface area contributed by atoms with Gasteiger partial charge in [0.2, 0.25) is 5.91 Å². The maximum atomic E-state index is 11.7. The molecule has 0 radical (unpaired) electrons. The number of hydrogen-bond acceptors (Lipinski definition) is 4. The minimum atomic E-state index is -0.479. The van der Waals surface area contributed by atoms with Crippen LogP contribution in [0.5, 0.6) is 0 Å². The van der Waals surface area contributed by atoms with Crippen LogP contribution in [0.25, 0.3) is 0 Å². The second-order valence-corrected chi connectivity index (χ2v) is 4.61. The molecule has 1 aromatic heterocycles. The number of amides is 1. The fourth-order valence-corrected chi connectivity index (χ4v) is 1.28. The van der Waals surface area contributed by atoms with Gasteiger partial charge < -0.3 is 15.8 Å². The van der Waals surface area contributed by atoms with E-state index in [9.17, 15) is 4.79 Å². The fraction of sp³-hybridized carbons (Fsp3) is 0.500. The SMILES string of the molecule is COC(C)(C)CC(=O)Nc1cc(C)c(N)cn1. The van der Waals surface area contributed by atoms with Gasteiger partial charge >= 0.3 is 0 Å². The summed E-state index contributed by atoms with van der Waals surface area (Å²) in [5, 5.41) is 2.71. The van der Waals surface area contributed by atoms with Gasteiger partial charge in [-0.15, -0.1) is 0 Å². The van der Waals surface area contributed by atoms with E-state index in [1.165, 1.54) is 6.20 Å². The number of nitrogens with one attached hydrogen (secondary N) is 1. The Bertz CT molecular complexity index is 416. The Hall–Kier alpha value is -1.62. The van der Waals surface area contributed by atoms with Crippen molar-refractivity contribution in [3.8, 4) is 0 Å². The Morgan fingerprint density at radius 1 is 1.59 bits per heavy atom. The Labute approximate surface area is 101 Å². The first-order chi connectivity index (χ1) is 7.84. The Balaban J connectivity index is 2.65. The minimum Gasteiger partial charge on any atom is -0.397 e. The molecular weight excluding hydrogens is 218 g/mol. The molecule has 1 aromatic rings. The molecule has 5 heteroatoms. The van der Waals surface area contributed by atoms with Crippen molar-refractivity contribution in [3.05, 3.63) is 17.8 Å². The Morgan fingerprint density at radius 3 is 2.76 bits per heavy atom. The third-order valence-corrected chi connectivity index (χ3v) is 2.56. The summed E-state index contributed by atoms with van der Waals surface area (Å²) in [7, 11) is 1.58. The first kappa shape index (κ1) is 13.4. The molecule has 0 spiro atoms. The van der Waals surface area contributed by atoms with Crippen LogP contribution < -0.4 is 11.1 Å². The monoisotopic (exact) mass is 237 g/mol. The lowest BCUT2D eigenvalue weighted by Gasteiger charge is -2.21. The molecule has 0 aliphatic carbocycles. The van der Waals surface area contributed by atoms with Gasteiger partial charge in [-0.3, -0.25) is 4.79 Å². The quantitative estimate of drug-likeness (QED) is 0.836. The van der Waals surface area contributed by atoms with Crippen molar-refractivity contribution < 1.29 is 9.53 Å². The minimum absolute atomic E-state index is 0.131. The van der Waals surface area contributed by atoms with Crippen LogP contribution in [0.2, 0.25) is 0 Å². The van der Waals surface area contributed by atoms with E-state index in [1.54, 1.807) is 13.2 Å². The maximum Gasteiger partial charge on any atom is 0.228 e. The standard InChI is InChI=1S/C12H19N3O2/c1-8-5-10(14-7-9(8)13)15-11(16)6-12(2,3)17-4/h5,7H,6,13H2,1-4H3,(H,14,15,16). The number of methoxy groups -OCH3 is 1. The molecule has 3 N–H and O–H groups in total. The fourth-order valence-electron chi connectivity index (χ4n) is 1.28. The lowest BCUT2D eigenvalue weighted by atomic mass is 10.1. The highest BCUT2D eigenvalue weighted by Crippen LogP contribution is 2.16. The summed E-state index contributed by atoms with van der Waals surface area (Å²) in [5.41, 5.74) is 6.67. The van der Waals surface area contributed by atoms with Crippen LogP contribution in [0.4, 0.5) is 11.5 Å². The van der Waals surface area contributed by atoms with E-state index < -0.39 is 5.60 Å². The molecule has 0 aliphatic rings. The highest BCUT2D eigenvalue weighted by Gasteiger charge is 2.21. The predicted octanol–water partition coefficient (Wildman–Crippen LogP) is 1.73. The van der Waals surface area contributed by atoms with Crippen molar-refractivity contribution in [2.75, 3.05) is 18.2 Å². The molecule has 0 atom stereocenters. The summed E-state index contributed by atoms with van der Waals surface area (Å²) < 4.78 is 5.19. The van der Waals surface area contributed by atoms with E-state index in [2.05, 4.69) is 10.3 Å². The van der Waals surface area contributed by atoms with E-state index in [0.717, 1.165) is 5.56 Å². The number of anilines is 2. The number of pyridine rings is 1. The summed E-state index contributed by atoms with van der Waals surface area (Å²) >= 11 is 0. The average Bonchev–Trinajstić information content (AvgIpc) is 2.23. The van der Waals surface area contributed by atoms with E-state index in [-0.39, 0.29) is 12.3 Å². The molecule has 94 valence electrons. The van der Waals surface area contributed by atoms with Crippen LogP contribution >= 0.6 is 0 Å². The van der Waals surface area contributed by atoms with E-state index >= 15 is 0 Å². The number of nitrogens with two attached hydrogens (primary N) is 1. The molecule has 0 aromatic carbocycles. The van der Waals surface area contributed by atoms with Crippen LogP contribution in [0.3, 0.4) is 0 Å². The zero-order chi connectivity index (χ0) is 13.1. The van der Waals surface area contributed by atoms with Gasteiger partial charge in [0.1, 0.15) is 5.82 Å². The molecule has 0 saturated carbocycles. The van der Waals surface area contributed by atoms with Gasteiger partial charge in [0.15, 0.2) is 0 Å². The van der Waals surface area contributed by atoms with E-state index in [1.807, 2.05) is 20.8 Å². The van der Waals surface area contributed by atoms with Crippen LogP contribution in [0, 0.1) is 6.92 Å². The summed E-state index contributed by atoms with van der Waals surface area (Å²) in [5.74, 6) is 0.377. The predicted molar refractivity (Wildman–Crippen MR) is 67.7 cm³/mol. The van der Waals surface area contributed by atoms with Crippen LogP contribution in [0.1, 0.15) is 25.8 Å². The number of ether oxygens (including phenoxy) is 1. The van der Waals surface area contributed by atoms with Crippen molar-refractivity contribution >= 4 is 17.4 Å². The topological polar surface area (TPSA) is 77.2 Å². The Kier molecular flexibility index (Phi) is 4.07. The third kappa shape index (κ3) is 4.03. The van der Waals surface area contributed by atoms with Crippen LogP contribution in [-0.4, -0.2) is 23.6 Å². The average molecular weight is 237 g/mol. The lowest BCUT2D eigenvalue weighted by molar-refractivity contribution is -0.121. The van der Waals surface area contributed by atoms with Crippen LogP contribution in [-0.2, 0) is 9.53 Å². The summed E-state index contributed by atoms with van der Waals surface area (Å²) in [6.45, 7) is 5.58. The number of nitrogens with zero attached hydrogens (tertiary/aromatic N) is 1. The molecule has 1 amide bonds. The highest BCUT2D eigenvalue weighted by molar-refractivity contribution is 5.90. The third-order valence-electron chi connectivity index (χ3n) is 2.56. The number of aromatic nitrogens is 1. The van der Waals surface area contributed by atoms with Gasteiger partial charge in [0.25, 0.3) is 0 Å². The normalized spacial score (nSPS) is 11.3. The second-order valence-electron chi connectivity index (χ2n) is 4.61. The summed E-state index contributed by atoms with van der Waals surface area (Å²) in [6, 6.07) is 1.74. The molecule has 0 aliphatic heterocycles. The van der Waals surface area contributed by atoms with Crippen molar-refractivity contribution in [1.29, 1.82) is 0 Å². The highest BCUT2D eigenvalue weighted by atomic mass is 16.5. The van der Waals surface area contributed by atoms with Gasteiger partial charge in [-0.05, 0) is 32.4 Å². The van der Waals surface area contributed by atoms with Crippen molar-refractivity contribution in [2.24, 2.45) is 0 Å². The zero-order valence-corrected chi connectivity index (χ0v) is 10.7. The molecule has 0 fully saturated rings. The number of rotatable bonds is 4. The molecule has 0 saturated heterocycles. The molecule has 0 unspecified atom stereocenters. The van der Waals surface area contributed by atoms with Crippen molar-refractivity contribution in [1.82, 2.24) is 4.98 Å². The molecule has 0 bridgehead atoms. The van der Waals surface area contributed by atoms with Gasteiger partial charge in [-0.25, -0.2) is 4.98 Å². The molecule has 1 heterocycles. The van der Waals surface area contributed by atoms with Crippen LogP contribution in [0.15, 0.2) is 12.3 Å². The van der Waals surface area contributed by atoms with E-state index in [4.69, 9.17) is 10.5 Å². The summed E-state index contributed by atoms with van der Waals surface area (Å²) in [6.07, 6.45) is 1.81. The number of carbonyl (C=O) groups excluding carboxylic acids is 1. The Morgan fingerprint density at radius 2 is 2.24 bits per heavy atom. The smallest absolute Gasteiger partial charge is 0.228 e. The molecule has 1 rings (SSSR count). The molecule has 17 heavy (non-hydrogen) atoms. The number of hydrogen-bond donors (Lipinski definition) is 2. The first-order valence-corrected chi connectivity index (χ1v) is 5.41. The first-order valence-electron chi connectivity index (χ1n) is 5.41. The lowest BCUT2D eigenvalue weighted by Crippen LogP contribution is -2.29. The second kappa shape index (κ2) is 5.14. The number of carbonyl (C=O) groups is 1. The summed E-state index contributed by atoms with van der Waals surface area (Å²) in [4.78, 5) is 15.8. The maximum absolute atomic E-state index is 11.7. The number of nitrogen functional groups attached to an aromatic ring is 1. The van der Waals surface area contributed by atoms with Gasteiger partial charge in [0.05, 0.1) is 23.9 Å². The zero-order valence-electron chi connectivity index (χ0n) is 10.7.